The van der Waals surface area contributed by atoms with Crippen LogP contribution in [-0.2, 0) is 0 Å². The van der Waals surface area contributed by atoms with E-state index in [1.54, 1.807) is 18.2 Å². The molecule has 1 aromatic rings. The van der Waals surface area contributed by atoms with Crippen molar-refractivity contribution in [2.75, 3.05) is 12.4 Å². The summed E-state index contributed by atoms with van der Waals surface area (Å²) in [6.45, 7) is 0. The Morgan fingerprint density at radius 3 is 2.77 bits per heavy atom. The van der Waals surface area contributed by atoms with Crippen LogP contribution in [0.1, 0.15) is 0 Å². The SMILES string of the molecule is COc1ccc(Cl)cc1NC(=O)Cl. The number of benzene rings is 1. The summed E-state index contributed by atoms with van der Waals surface area (Å²) in [6, 6.07) is 4.86. The highest BCUT2D eigenvalue weighted by Crippen LogP contribution is 2.27. The molecule has 0 aromatic heterocycles. The molecular weight excluding hydrogens is 213 g/mol. The predicted molar refractivity (Wildman–Crippen MR) is 52.9 cm³/mol. The van der Waals surface area contributed by atoms with E-state index in [4.69, 9.17) is 27.9 Å². The van der Waals surface area contributed by atoms with Crippen LogP contribution in [0.5, 0.6) is 5.75 Å². The van der Waals surface area contributed by atoms with Crippen molar-refractivity contribution < 1.29 is 9.53 Å². The molecule has 0 unspecified atom stereocenters. The van der Waals surface area contributed by atoms with Crippen LogP contribution < -0.4 is 10.1 Å². The minimum Gasteiger partial charge on any atom is -0.495 e. The fraction of sp³-hybridized carbons (Fsp3) is 0.125. The third kappa shape index (κ3) is 2.79. The van der Waals surface area contributed by atoms with Gasteiger partial charge in [0.05, 0.1) is 12.8 Å². The van der Waals surface area contributed by atoms with Gasteiger partial charge in [0, 0.05) is 5.02 Å². The normalized spacial score (nSPS) is 9.46. The Kier molecular flexibility index (Phi) is 3.39. The van der Waals surface area contributed by atoms with Crippen LogP contribution in [0.25, 0.3) is 0 Å². The smallest absolute Gasteiger partial charge is 0.318 e. The summed E-state index contributed by atoms with van der Waals surface area (Å²) in [7, 11) is 1.49. The molecule has 1 amide bonds. The average molecular weight is 220 g/mol. The Bertz CT molecular complexity index is 328. The summed E-state index contributed by atoms with van der Waals surface area (Å²) in [5.41, 5.74) is 0.454. The zero-order chi connectivity index (χ0) is 9.84. The predicted octanol–water partition coefficient (Wildman–Crippen LogP) is 3.12. The van der Waals surface area contributed by atoms with Crippen LogP contribution in [0, 0.1) is 0 Å². The number of hydrogen-bond acceptors (Lipinski definition) is 2. The fourth-order valence-electron chi connectivity index (χ4n) is 0.884. The van der Waals surface area contributed by atoms with Gasteiger partial charge in [-0.3, -0.25) is 4.79 Å². The van der Waals surface area contributed by atoms with Gasteiger partial charge in [-0.2, -0.15) is 0 Å². The van der Waals surface area contributed by atoms with Crippen molar-refractivity contribution in [3.8, 4) is 5.75 Å². The van der Waals surface area contributed by atoms with E-state index in [0.29, 0.717) is 16.5 Å². The lowest BCUT2D eigenvalue weighted by atomic mass is 10.3. The number of carbonyl (C=O) groups is 1. The maximum Gasteiger partial charge on any atom is 0.318 e. The molecule has 0 spiro atoms. The van der Waals surface area contributed by atoms with Gasteiger partial charge >= 0.3 is 5.37 Å². The molecule has 1 aromatic carbocycles. The van der Waals surface area contributed by atoms with Crippen molar-refractivity contribution >= 4 is 34.3 Å². The monoisotopic (exact) mass is 219 g/mol. The van der Waals surface area contributed by atoms with Gasteiger partial charge in [0.15, 0.2) is 0 Å². The molecule has 0 radical (unpaired) electrons. The zero-order valence-corrected chi connectivity index (χ0v) is 8.32. The summed E-state index contributed by atoms with van der Waals surface area (Å²) >= 11 is 10.9. The van der Waals surface area contributed by atoms with E-state index in [1.807, 2.05) is 0 Å². The van der Waals surface area contributed by atoms with Gasteiger partial charge in [0.25, 0.3) is 0 Å². The van der Waals surface area contributed by atoms with E-state index in [0.717, 1.165) is 0 Å². The first kappa shape index (κ1) is 10.2. The van der Waals surface area contributed by atoms with E-state index < -0.39 is 5.37 Å². The van der Waals surface area contributed by atoms with Crippen molar-refractivity contribution in [1.29, 1.82) is 0 Å². The van der Waals surface area contributed by atoms with Gasteiger partial charge in [-0.05, 0) is 29.8 Å². The second kappa shape index (κ2) is 4.35. The number of anilines is 1. The van der Waals surface area contributed by atoms with E-state index >= 15 is 0 Å². The number of hydrogen-bond donors (Lipinski definition) is 1. The quantitative estimate of drug-likeness (QED) is 0.614. The molecule has 1 rings (SSSR count). The van der Waals surface area contributed by atoms with Crippen LogP contribution in [0.3, 0.4) is 0 Å². The third-order valence-electron chi connectivity index (χ3n) is 1.39. The van der Waals surface area contributed by atoms with Gasteiger partial charge in [0.2, 0.25) is 0 Å². The van der Waals surface area contributed by atoms with Crippen molar-refractivity contribution in [2.24, 2.45) is 0 Å². The second-order valence-electron chi connectivity index (χ2n) is 2.24. The molecule has 70 valence electrons. The molecule has 1 N–H and O–H groups in total. The van der Waals surface area contributed by atoms with Gasteiger partial charge in [-0.25, -0.2) is 0 Å². The van der Waals surface area contributed by atoms with Crippen molar-refractivity contribution in [3.05, 3.63) is 23.2 Å². The summed E-state index contributed by atoms with van der Waals surface area (Å²) in [4.78, 5) is 10.5. The number of methoxy groups -OCH3 is 1. The van der Waals surface area contributed by atoms with Crippen LogP contribution >= 0.6 is 23.2 Å². The molecule has 0 saturated carbocycles. The molecule has 0 aliphatic heterocycles. The van der Waals surface area contributed by atoms with E-state index in [2.05, 4.69) is 5.32 Å². The molecule has 0 heterocycles. The van der Waals surface area contributed by atoms with Crippen molar-refractivity contribution in [1.82, 2.24) is 0 Å². The molecule has 0 aliphatic carbocycles. The summed E-state index contributed by atoms with van der Waals surface area (Å²) < 4.78 is 4.97. The Morgan fingerprint density at radius 1 is 1.54 bits per heavy atom. The molecule has 0 fully saturated rings. The lowest BCUT2D eigenvalue weighted by Crippen LogP contribution is -2.02. The molecule has 13 heavy (non-hydrogen) atoms. The molecule has 5 heteroatoms. The Hall–Kier alpha value is -0.930. The van der Waals surface area contributed by atoms with Crippen LogP contribution in [0.15, 0.2) is 18.2 Å². The second-order valence-corrected chi connectivity index (χ2v) is 3.02. The highest BCUT2D eigenvalue weighted by Gasteiger charge is 2.05. The first-order chi connectivity index (χ1) is 6.13. The highest BCUT2D eigenvalue weighted by molar-refractivity contribution is 6.65. The minimum atomic E-state index is -0.680. The molecule has 0 aliphatic rings. The van der Waals surface area contributed by atoms with E-state index in [1.165, 1.54) is 7.11 Å². The van der Waals surface area contributed by atoms with Crippen LogP contribution in [0.4, 0.5) is 10.5 Å². The first-order valence-electron chi connectivity index (χ1n) is 3.43. The van der Waals surface area contributed by atoms with Gasteiger partial charge in [0.1, 0.15) is 5.75 Å². The van der Waals surface area contributed by atoms with Crippen molar-refractivity contribution in [2.45, 2.75) is 0 Å². The number of amides is 1. The number of nitrogens with one attached hydrogen (secondary N) is 1. The molecular formula is C8H7Cl2NO2. The zero-order valence-electron chi connectivity index (χ0n) is 6.80. The van der Waals surface area contributed by atoms with Gasteiger partial charge < -0.3 is 10.1 Å². The van der Waals surface area contributed by atoms with E-state index in [-0.39, 0.29) is 0 Å². The molecule has 0 bridgehead atoms. The number of carbonyl (C=O) groups excluding carboxylic acids is 1. The fourth-order valence-corrected chi connectivity index (χ4v) is 1.16. The highest BCUT2D eigenvalue weighted by atomic mass is 35.5. The summed E-state index contributed by atoms with van der Waals surface area (Å²) in [5.74, 6) is 0.512. The number of rotatable bonds is 2. The van der Waals surface area contributed by atoms with Gasteiger partial charge in [-0.1, -0.05) is 11.6 Å². The van der Waals surface area contributed by atoms with Crippen molar-refractivity contribution in [3.63, 3.8) is 0 Å². The van der Waals surface area contributed by atoms with Gasteiger partial charge in [-0.15, -0.1) is 0 Å². The first-order valence-corrected chi connectivity index (χ1v) is 4.19. The minimum absolute atomic E-state index is 0.454. The number of halogens is 2. The largest absolute Gasteiger partial charge is 0.495 e. The lowest BCUT2D eigenvalue weighted by Gasteiger charge is -2.07. The lowest BCUT2D eigenvalue weighted by molar-refractivity contribution is 0.269. The maximum atomic E-state index is 10.5. The summed E-state index contributed by atoms with van der Waals surface area (Å²) in [6.07, 6.45) is 0. The standard InChI is InChI=1S/C8H7Cl2NO2/c1-13-7-3-2-5(9)4-6(7)11-8(10)12/h2-4H,1H3,(H,11,12). The molecule has 0 saturated heterocycles. The molecule has 3 nitrogen and oxygen atoms in total. The number of ether oxygens (including phenoxy) is 1. The Balaban J connectivity index is 3.01. The van der Waals surface area contributed by atoms with Crippen LogP contribution in [-0.4, -0.2) is 12.5 Å². The molecule has 0 atom stereocenters. The average Bonchev–Trinajstić information content (AvgIpc) is 2.03. The summed E-state index contributed by atoms with van der Waals surface area (Å²) in [5, 5.41) is 2.20. The maximum absolute atomic E-state index is 10.5. The topological polar surface area (TPSA) is 38.3 Å². The van der Waals surface area contributed by atoms with Crippen LogP contribution in [0.2, 0.25) is 5.02 Å². The Labute approximate surface area is 85.6 Å². The Morgan fingerprint density at radius 2 is 2.23 bits per heavy atom. The van der Waals surface area contributed by atoms with E-state index in [9.17, 15) is 4.79 Å². The third-order valence-corrected chi connectivity index (χ3v) is 1.72.